The SMILES string of the molecule is CCNCc1cn(C)nc1-c1ccc(OC(F)(F)F)cc1. The molecule has 0 aliphatic heterocycles. The lowest BCUT2D eigenvalue weighted by atomic mass is 10.1. The number of halogens is 3. The quantitative estimate of drug-likeness (QED) is 0.922. The number of alkyl halides is 3. The van der Waals surface area contributed by atoms with E-state index in [2.05, 4.69) is 15.2 Å². The Morgan fingerprint density at radius 2 is 1.90 bits per heavy atom. The van der Waals surface area contributed by atoms with E-state index in [1.807, 2.05) is 13.1 Å². The second-order valence-electron chi connectivity index (χ2n) is 4.53. The van der Waals surface area contributed by atoms with Crippen LogP contribution in [0.2, 0.25) is 0 Å². The van der Waals surface area contributed by atoms with Crippen LogP contribution in [0, 0.1) is 0 Å². The molecule has 114 valence electrons. The summed E-state index contributed by atoms with van der Waals surface area (Å²) in [6, 6.07) is 5.71. The minimum Gasteiger partial charge on any atom is -0.406 e. The fourth-order valence-corrected chi connectivity index (χ4v) is 1.98. The topological polar surface area (TPSA) is 39.1 Å². The molecule has 1 aromatic heterocycles. The van der Waals surface area contributed by atoms with E-state index in [0.29, 0.717) is 6.54 Å². The Kier molecular flexibility index (Phi) is 4.52. The van der Waals surface area contributed by atoms with Crippen LogP contribution < -0.4 is 10.1 Å². The van der Waals surface area contributed by atoms with Crippen molar-refractivity contribution in [3.8, 4) is 17.0 Å². The molecule has 4 nitrogen and oxygen atoms in total. The minimum absolute atomic E-state index is 0.240. The maximum absolute atomic E-state index is 12.1. The van der Waals surface area contributed by atoms with Crippen LogP contribution in [0.1, 0.15) is 12.5 Å². The summed E-state index contributed by atoms with van der Waals surface area (Å²) in [7, 11) is 1.81. The Morgan fingerprint density at radius 1 is 1.24 bits per heavy atom. The van der Waals surface area contributed by atoms with Gasteiger partial charge >= 0.3 is 6.36 Å². The van der Waals surface area contributed by atoms with E-state index < -0.39 is 6.36 Å². The molecule has 1 heterocycles. The Morgan fingerprint density at radius 3 is 2.48 bits per heavy atom. The second kappa shape index (κ2) is 6.17. The van der Waals surface area contributed by atoms with Gasteiger partial charge in [-0.3, -0.25) is 4.68 Å². The van der Waals surface area contributed by atoms with Gasteiger partial charge in [0.15, 0.2) is 0 Å². The predicted octanol–water partition coefficient (Wildman–Crippen LogP) is 3.10. The zero-order valence-electron chi connectivity index (χ0n) is 11.7. The number of nitrogens with zero attached hydrogens (tertiary/aromatic N) is 2. The number of rotatable bonds is 5. The Balaban J connectivity index is 2.22. The van der Waals surface area contributed by atoms with Crippen molar-refractivity contribution in [3.05, 3.63) is 36.0 Å². The van der Waals surface area contributed by atoms with Crippen molar-refractivity contribution in [2.45, 2.75) is 19.8 Å². The largest absolute Gasteiger partial charge is 0.573 e. The van der Waals surface area contributed by atoms with Crippen LogP contribution in [-0.2, 0) is 13.6 Å². The maximum atomic E-state index is 12.1. The first kappa shape index (κ1) is 15.4. The molecule has 2 aromatic rings. The van der Waals surface area contributed by atoms with Crippen molar-refractivity contribution in [2.24, 2.45) is 7.05 Å². The van der Waals surface area contributed by atoms with Gasteiger partial charge in [-0.05, 0) is 30.8 Å². The number of benzene rings is 1. The van der Waals surface area contributed by atoms with Crippen LogP contribution in [0.3, 0.4) is 0 Å². The molecule has 21 heavy (non-hydrogen) atoms. The molecule has 1 N–H and O–H groups in total. The molecule has 0 saturated carbocycles. The van der Waals surface area contributed by atoms with Gasteiger partial charge in [-0.15, -0.1) is 13.2 Å². The molecule has 0 radical (unpaired) electrons. The van der Waals surface area contributed by atoms with E-state index in [9.17, 15) is 13.2 Å². The molecule has 0 aliphatic carbocycles. The van der Waals surface area contributed by atoms with Gasteiger partial charge in [0.2, 0.25) is 0 Å². The van der Waals surface area contributed by atoms with Crippen LogP contribution in [0.15, 0.2) is 30.5 Å². The number of nitrogens with one attached hydrogen (secondary N) is 1. The summed E-state index contributed by atoms with van der Waals surface area (Å²) in [6.45, 7) is 3.48. The van der Waals surface area contributed by atoms with Crippen molar-refractivity contribution in [2.75, 3.05) is 6.54 Å². The highest BCUT2D eigenvalue weighted by Crippen LogP contribution is 2.27. The number of aryl methyl sites for hydroxylation is 1. The molecule has 0 aliphatic rings. The first-order chi connectivity index (χ1) is 9.89. The van der Waals surface area contributed by atoms with Gasteiger partial charge in [-0.2, -0.15) is 5.10 Å². The zero-order valence-corrected chi connectivity index (χ0v) is 11.7. The summed E-state index contributed by atoms with van der Waals surface area (Å²) in [5, 5.41) is 7.56. The van der Waals surface area contributed by atoms with E-state index in [-0.39, 0.29) is 5.75 Å². The molecule has 0 saturated heterocycles. The predicted molar refractivity (Wildman–Crippen MR) is 72.7 cm³/mol. The lowest BCUT2D eigenvalue weighted by Gasteiger charge is -2.09. The van der Waals surface area contributed by atoms with Gasteiger partial charge in [0, 0.05) is 30.9 Å². The highest BCUT2D eigenvalue weighted by molar-refractivity contribution is 5.63. The van der Waals surface area contributed by atoms with Crippen LogP contribution in [0.25, 0.3) is 11.3 Å². The number of hydrogen-bond donors (Lipinski definition) is 1. The average Bonchev–Trinajstić information content (AvgIpc) is 2.76. The van der Waals surface area contributed by atoms with Crippen LogP contribution in [0.5, 0.6) is 5.75 Å². The fraction of sp³-hybridized carbons (Fsp3) is 0.357. The second-order valence-corrected chi connectivity index (χ2v) is 4.53. The lowest BCUT2D eigenvalue weighted by molar-refractivity contribution is -0.274. The van der Waals surface area contributed by atoms with Crippen LogP contribution in [-0.4, -0.2) is 22.7 Å². The standard InChI is InChI=1S/C14H16F3N3O/c1-3-18-8-11-9-20(2)19-13(11)10-4-6-12(7-5-10)21-14(15,16)17/h4-7,9,18H,3,8H2,1-2H3. The Bertz CT molecular complexity index is 591. The van der Waals surface area contributed by atoms with Crippen molar-refractivity contribution < 1.29 is 17.9 Å². The molecular weight excluding hydrogens is 283 g/mol. The Labute approximate surface area is 120 Å². The van der Waals surface area contributed by atoms with Gasteiger partial charge in [0.25, 0.3) is 0 Å². The summed E-state index contributed by atoms with van der Waals surface area (Å²) in [4.78, 5) is 0. The molecule has 0 spiro atoms. The summed E-state index contributed by atoms with van der Waals surface area (Å²) in [5.74, 6) is -0.240. The van der Waals surface area contributed by atoms with E-state index in [1.165, 1.54) is 12.1 Å². The molecular formula is C14H16F3N3O. The molecule has 0 atom stereocenters. The van der Waals surface area contributed by atoms with E-state index >= 15 is 0 Å². The van der Waals surface area contributed by atoms with Gasteiger partial charge in [0.1, 0.15) is 5.75 Å². The van der Waals surface area contributed by atoms with Crippen molar-refractivity contribution in [1.82, 2.24) is 15.1 Å². The molecule has 0 amide bonds. The average molecular weight is 299 g/mol. The molecule has 2 rings (SSSR count). The third-order valence-electron chi connectivity index (χ3n) is 2.83. The lowest BCUT2D eigenvalue weighted by Crippen LogP contribution is -2.16. The number of aromatic nitrogens is 2. The zero-order chi connectivity index (χ0) is 15.5. The minimum atomic E-state index is -4.68. The van der Waals surface area contributed by atoms with E-state index in [0.717, 1.165) is 23.4 Å². The molecule has 7 heteroatoms. The van der Waals surface area contributed by atoms with E-state index in [1.54, 1.807) is 23.9 Å². The van der Waals surface area contributed by atoms with Crippen molar-refractivity contribution >= 4 is 0 Å². The van der Waals surface area contributed by atoms with Gasteiger partial charge < -0.3 is 10.1 Å². The van der Waals surface area contributed by atoms with Crippen LogP contribution in [0.4, 0.5) is 13.2 Å². The first-order valence-electron chi connectivity index (χ1n) is 6.48. The summed E-state index contributed by atoms with van der Waals surface area (Å²) < 4.78 is 41.9. The normalized spacial score (nSPS) is 11.7. The van der Waals surface area contributed by atoms with E-state index in [4.69, 9.17) is 0 Å². The smallest absolute Gasteiger partial charge is 0.406 e. The highest BCUT2D eigenvalue weighted by atomic mass is 19.4. The summed E-state index contributed by atoms with van der Waals surface area (Å²) in [6.07, 6.45) is -2.79. The highest BCUT2D eigenvalue weighted by Gasteiger charge is 2.31. The summed E-state index contributed by atoms with van der Waals surface area (Å²) >= 11 is 0. The third kappa shape index (κ3) is 4.22. The Hall–Kier alpha value is -2.02. The number of ether oxygens (including phenoxy) is 1. The molecule has 0 unspecified atom stereocenters. The van der Waals surface area contributed by atoms with Gasteiger partial charge in [0.05, 0.1) is 5.69 Å². The first-order valence-corrected chi connectivity index (χ1v) is 6.48. The summed E-state index contributed by atoms with van der Waals surface area (Å²) in [5.41, 5.74) is 2.49. The maximum Gasteiger partial charge on any atom is 0.573 e. The molecule has 1 aromatic carbocycles. The van der Waals surface area contributed by atoms with Crippen molar-refractivity contribution in [1.29, 1.82) is 0 Å². The van der Waals surface area contributed by atoms with Crippen molar-refractivity contribution in [3.63, 3.8) is 0 Å². The third-order valence-corrected chi connectivity index (χ3v) is 2.83. The number of hydrogen-bond acceptors (Lipinski definition) is 3. The fourth-order valence-electron chi connectivity index (χ4n) is 1.98. The monoisotopic (exact) mass is 299 g/mol. The molecule has 0 fully saturated rings. The van der Waals surface area contributed by atoms with Gasteiger partial charge in [-0.25, -0.2) is 0 Å². The van der Waals surface area contributed by atoms with Gasteiger partial charge in [-0.1, -0.05) is 6.92 Å². The molecule has 0 bridgehead atoms. The van der Waals surface area contributed by atoms with Crippen LogP contribution >= 0.6 is 0 Å².